The van der Waals surface area contributed by atoms with E-state index in [9.17, 15) is 19.1 Å². The summed E-state index contributed by atoms with van der Waals surface area (Å²) in [5, 5.41) is 13.4. The first-order valence-corrected chi connectivity index (χ1v) is 9.39. The van der Waals surface area contributed by atoms with Crippen LogP contribution in [0.15, 0.2) is 55.0 Å². The molecular formula is C22H16FN5O4. The van der Waals surface area contributed by atoms with Gasteiger partial charge in [-0.15, -0.1) is 0 Å². The van der Waals surface area contributed by atoms with Crippen LogP contribution in [0.25, 0.3) is 10.9 Å². The first-order valence-electron chi connectivity index (χ1n) is 9.39. The topological polar surface area (TPSA) is 127 Å². The van der Waals surface area contributed by atoms with Crippen LogP contribution in [0.5, 0.6) is 5.75 Å². The molecule has 10 heteroatoms. The Morgan fingerprint density at radius 2 is 1.81 bits per heavy atom. The number of carbonyl (C=O) groups is 2. The summed E-state index contributed by atoms with van der Waals surface area (Å²) >= 11 is 0. The van der Waals surface area contributed by atoms with E-state index in [-0.39, 0.29) is 23.0 Å². The monoisotopic (exact) mass is 433 g/mol. The largest absolute Gasteiger partial charge is 0.504 e. The maximum Gasteiger partial charge on any atom is 0.360 e. The van der Waals surface area contributed by atoms with Gasteiger partial charge in [-0.2, -0.15) is 0 Å². The molecule has 0 saturated carbocycles. The molecule has 1 aromatic carbocycles. The van der Waals surface area contributed by atoms with E-state index < -0.39 is 23.3 Å². The van der Waals surface area contributed by atoms with E-state index in [1.54, 1.807) is 24.3 Å². The van der Waals surface area contributed by atoms with Gasteiger partial charge in [-0.1, -0.05) is 12.1 Å². The van der Waals surface area contributed by atoms with Gasteiger partial charge in [0.1, 0.15) is 17.2 Å². The average molecular weight is 433 g/mol. The van der Waals surface area contributed by atoms with Crippen LogP contribution < -0.4 is 5.32 Å². The van der Waals surface area contributed by atoms with Crippen LogP contribution in [0.4, 0.5) is 10.2 Å². The Hall–Kier alpha value is -4.47. The number of aromatic hydroxyl groups is 1. The molecule has 0 radical (unpaired) electrons. The van der Waals surface area contributed by atoms with E-state index in [0.29, 0.717) is 17.4 Å². The Labute approximate surface area is 181 Å². The second-order valence-electron chi connectivity index (χ2n) is 6.72. The molecule has 4 rings (SSSR count). The summed E-state index contributed by atoms with van der Waals surface area (Å²) in [7, 11) is 1.14. The van der Waals surface area contributed by atoms with Crippen molar-refractivity contribution in [1.82, 2.24) is 19.9 Å². The van der Waals surface area contributed by atoms with Crippen LogP contribution in [0.3, 0.4) is 0 Å². The van der Waals surface area contributed by atoms with E-state index in [0.717, 1.165) is 12.7 Å². The number of fused-ring (bicyclic) bond motifs is 1. The number of aromatic nitrogens is 4. The number of pyridine rings is 2. The molecule has 3 aromatic heterocycles. The van der Waals surface area contributed by atoms with Crippen molar-refractivity contribution in [2.24, 2.45) is 0 Å². The number of anilines is 1. The third-order valence-corrected chi connectivity index (χ3v) is 4.57. The lowest BCUT2D eigenvalue weighted by Crippen LogP contribution is -2.18. The maximum atomic E-state index is 13.2. The molecule has 0 spiro atoms. The van der Waals surface area contributed by atoms with Gasteiger partial charge in [-0.25, -0.2) is 24.1 Å². The smallest absolute Gasteiger partial charge is 0.360 e. The summed E-state index contributed by atoms with van der Waals surface area (Å²) in [4.78, 5) is 40.8. The van der Waals surface area contributed by atoms with E-state index in [1.165, 1.54) is 30.7 Å². The Balaban J connectivity index is 1.80. The van der Waals surface area contributed by atoms with Crippen LogP contribution in [0.2, 0.25) is 0 Å². The van der Waals surface area contributed by atoms with E-state index in [2.05, 4.69) is 30.0 Å². The minimum atomic E-state index is -0.895. The Morgan fingerprint density at radius 3 is 2.50 bits per heavy atom. The molecule has 3 heterocycles. The number of nitrogens with one attached hydrogen (secondary N) is 1. The molecule has 32 heavy (non-hydrogen) atoms. The zero-order valence-electron chi connectivity index (χ0n) is 16.7. The number of esters is 1. The molecule has 0 aliphatic heterocycles. The molecule has 160 valence electrons. The third-order valence-electron chi connectivity index (χ3n) is 4.57. The summed E-state index contributed by atoms with van der Waals surface area (Å²) in [5.41, 5.74) is 1.19. The van der Waals surface area contributed by atoms with E-state index in [4.69, 9.17) is 0 Å². The van der Waals surface area contributed by atoms with E-state index in [1.807, 2.05) is 0 Å². The average Bonchev–Trinajstić information content (AvgIpc) is 2.82. The van der Waals surface area contributed by atoms with E-state index >= 15 is 0 Å². The second-order valence-corrected chi connectivity index (χ2v) is 6.72. The summed E-state index contributed by atoms with van der Waals surface area (Å²) in [6, 6.07) is 9.22. The number of amides is 1. The summed E-state index contributed by atoms with van der Waals surface area (Å²) in [5.74, 6) is -2.51. The van der Waals surface area contributed by atoms with Gasteiger partial charge < -0.3 is 15.2 Å². The lowest BCUT2D eigenvalue weighted by molar-refractivity contribution is 0.0590. The van der Waals surface area contributed by atoms with Crippen LogP contribution in [-0.2, 0) is 11.2 Å². The van der Waals surface area contributed by atoms with Crippen molar-refractivity contribution in [3.8, 4) is 5.75 Å². The van der Waals surface area contributed by atoms with Crippen LogP contribution >= 0.6 is 0 Å². The van der Waals surface area contributed by atoms with Gasteiger partial charge in [0, 0.05) is 24.0 Å². The number of nitrogens with zero attached hydrogens (tertiary/aromatic N) is 4. The zero-order chi connectivity index (χ0) is 22.7. The van der Waals surface area contributed by atoms with Crippen molar-refractivity contribution in [1.29, 1.82) is 0 Å². The highest BCUT2D eigenvalue weighted by Gasteiger charge is 2.23. The van der Waals surface area contributed by atoms with Crippen molar-refractivity contribution in [2.75, 3.05) is 12.4 Å². The fraction of sp³-hybridized carbons (Fsp3) is 0.0909. The molecule has 4 aromatic rings. The number of rotatable bonds is 5. The molecule has 0 unspecified atom stereocenters. The lowest BCUT2D eigenvalue weighted by Gasteiger charge is -2.12. The van der Waals surface area contributed by atoms with Crippen LogP contribution in [0.1, 0.15) is 32.2 Å². The Bertz CT molecular complexity index is 1310. The normalized spacial score (nSPS) is 10.7. The van der Waals surface area contributed by atoms with Crippen molar-refractivity contribution in [3.63, 3.8) is 0 Å². The predicted octanol–water partition coefficient (Wildman–Crippen LogP) is 2.89. The van der Waals surface area contributed by atoms with Gasteiger partial charge in [0.15, 0.2) is 11.4 Å². The zero-order valence-corrected chi connectivity index (χ0v) is 16.7. The molecule has 9 nitrogen and oxygen atoms in total. The molecule has 0 aliphatic carbocycles. The quantitative estimate of drug-likeness (QED) is 0.460. The van der Waals surface area contributed by atoms with Gasteiger partial charge in [0.2, 0.25) is 5.82 Å². The van der Waals surface area contributed by atoms with Crippen molar-refractivity contribution in [2.45, 2.75) is 6.42 Å². The minimum Gasteiger partial charge on any atom is -0.504 e. The second kappa shape index (κ2) is 8.72. The third kappa shape index (κ3) is 4.19. The molecule has 0 aliphatic rings. The van der Waals surface area contributed by atoms with Gasteiger partial charge in [0.05, 0.1) is 7.11 Å². The molecule has 2 N–H and O–H groups in total. The fourth-order valence-corrected chi connectivity index (χ4v) is 3.06. The van der Waals surface area contributed by atoms with Crippen molar-refractivity contribution < 1.29 is 23.8 Å². The number of ether oxygens (including phenoxy) is 1. The summed E-state index contributed by atoms with van der Waals surface area (Å²) in [6.07, 6.45) is 4.75. The number of hydrogen-bond donors (Lipinski definition) is 2. The number of methoxy groups -OCH3 is 1. The number of hydrogen-bond acceptors (Lipinski definition) is 8. The van der Waals surface area contributed by atoms with Crippen LogP contribution in [0, 0.1) is 5.82 Å². The number of halogens is 1. The lowest BCUT2D eigenvalue weighted by atomic mass is 10.0. The minimum absolute atomic E-state index is 0.0240. The predicted molar refractivity (Wildman–Crippen MR) is 112 cm³/mol. The summed E-state index contributed by atoms with van der Waals surface area (Å²) in [6.45, 7) is 0. The first kappa shape index (κ1) is 20.8. The molecule has 0 atom stereocenters. The van der Waals surface area contributed by atoms with Crippen molar-refractivity contribution >= 4 is 28.6 Å². The highest BCUT2D eigenvalue weighted by atomic mass is 19.1. The van der Waals surface area contributed by atoms with Gasteiger partial charge in [0.25, 0.3) is 5.91 Å². The molecule has 0 bridgehead atoms. The number of benzene rings is 1. The highest BCUT2D eigenvalue weighted by Crippen LogP contribution is 2.32. The number of carbonyl (C=O) groups excluding carboxylic acids is 2. The Kier molecular flexibility index (Phi) is 5.67. The molecule has 1 amide bonds. The first-order chi connectivity index (χ1) is 15.5. The van der Waals surface area contributed by atoms with Crippen molar-refractivity contribution in [3.05, 3.63) is 83.5 Å². The molecule has 0 fully saturated rings. The SMILES string of the molecule is COC(=O)c1nc(NC(=O)c2ncccn2)c2cc(Cc3ccc(F)cc3)cnc2c1O. The molecular weight excluding hydrogens is 417 g/mol. The molecule has 0 saturated heterocycles. The Morgan fingerprint density at radius 1 is 1.09 bits per heavy atom. The van der Waals surface area contributed by atoms with Gasteiger partial charge in [-0.05, 0) is 41.8 Å². The maximum absolute atomic E-state index is 13.2. The van der Waals surface area contributed by atoms with Gasteiger partial charge >= 0.3 is 5.97 Å². The van der Waals surface area contributed by atoms with Crippen LogP contribution in [-0.4, -0.2) is 44.0 Å². The fourth-order valence-electron chi connectivity index (χ4n) is 3.06. The highest BCUT2D eigenvalue weighted by molar-refractivity contribution is 6.08. The standard InChI is InChI=1S/C22H16FN5O4/c1-32-22(31)17-18(29)16-15(19(27-17)28-21(30)20-24-7-2-8-25-20)10-13(11-26-16)9-12-3-5-14(23)6-4-12/h2-8,10-11,29H,9H2,1H3,(H,27,28,30). The van der Waals surface area contributed by atoms with Gasteiger partial charge in [-0.3, -0.25) is 9.78 Å². The summed E-state index contributed by atoms with van der Waals surface area (Å²) < 4.78 is 17.9.